The molecule has 6 heteroatoms. The van der Waals surface area contributed by atoms with Gasteiger partial charge in [0.2, 0.25) is 0 Å². The second kappa shape index (κ2) is 4.78. The number of benzene rings is 1. The quantitative estimate of drug-likeness (QED) is 0.926. The van der Waals surface area contributed by atoms with E-state index in [-0.39, 0.29) is 11.6 Å². The zero-order valence-corrected chi connectivity index (χ0v) is 10.7. The van der Waals surface area contributed by atoms with Gasteiger partial charge in [-0.05, 0) is 29.7 Å². The van der Waals surface area contributed by atoms with Gasteiger partial charge in [0.25, 0.3) is 0 Å². The molecule has 1 aromatic heterocycles. The van der Waals surface area contributed by atoms with Crippen molar-refractivity contribution in [3.05, 3.63) is 40.7 Å². The number of carbonyl (C=O) groups is 1. The molecule has 0 unspecified atom stereocenters. The average Bonchev–Trinajstić information content (AvgIpc) is 2.78. The zero-order valence-electron chi connectivity index (χ0n) is 9.96. The van der Waals surface area contributed by atoms with Gasteiger partial charge in [-0.3, -0.25) is 0 Å². The monoisotopic (exact) mass is 265 g/mol. The lowest BCUT2D eigenvalue weighted by molar-refractivity contribution is 0.0690. The van der Waals surface area contributed by atoms with Gasteiger partial charge < -0.3 is 5.11 Å². The molecule has 0 aliphatic rings. The van der Waals surface area contributed by atoms with Gasteiger partial charge in [-0.1, -0.05) is 30.7 Å². The summed E-state index contributed by atoms with van der Waals surface area (Å²) in [7, 11) is 0. The highest BCUT2D eigenvalue weighted by atomic mass is 35.5. The van der Waals surface area contributed by atoms with Gasteiger partial charge in [-0.25, -0.2) is 9.48 Å². The van der Waals surface area contributed by atoms with Gasteiger partial charge >= 0.3 is 5.97 Å². The molecule has 0 amide bonds. The third-order valence-corrected chi connectivity index (χ3v) is 2.81. The predicted molar refractivity (Wildman–Crippen MR) is 67.4 cm³/mol. The first-order valence-corrected chi connectivity index (χ1v) is 5.82. The van der Waals surface area contributed by atoms with Crippen molar-refractivity contribution < 1.29 is 9.90 Å². The topological polar surface area (TPSA) is 68.0 Å². The Hall–Kier alpha value is -1.88. The summed E-state index contributed by atoms with van der Waals surface area (Å²) in [5.41, 5.74) is 1.69. The van der Waals surface area contributed by atoms with Crippen molar-refractivity contribution >= 4 is 17.6 Å². The summed E-state index contributed by atoms with van der Waals surface area (Å²) >= 11 is 5.96. The Labute approximate surface area is 109 Å². The normalized spacial score (nSPS) is 10.9. The van der Waals surface area contributed by atoms with Crippen LogP contribution in [0.3, 0.4) is 0 Å². The predicted octanol–water partition coefficient (Wildman–Crippen LogP) is 2.74. The van der Waals surface area contributed by atoms with Crippen LogP contribution in [0.15, 0.2) is 24.4 Å². The first-order valence-electron chi connectivity index (χ1n) is 5.44. The standard InChI is InChI=1S/C12H12ClN3O2/c1-7(2)9-5-8(13)3-4-11(9)16-6-10(12(17)18)14-15-16/h3-7H,1-2H3,(H,17,18). The minimum absolute atomic E-state index is 0.0837. The minimum atomic E-state index is -1.10. The van der Waals surface area contributed by atoms with Gasteiger partial charge in [-0.2, -0.15) is 0 Å². The number of carboxylic acids is 1. The summed E-state index contributed by atoms with van der Waals surface area (Å²) in [6, 6.07) is 5.40. The molecule has 18 heavy (non-hydrogen) atoms. The van der Waals surface area contributed by atoms with Crippen LogP contribution < -0.4 is 0 Å². The summed E-state index contributed by atoms with van der Waals surface area (Å²) in [4.78, 5) is 10.8. The van der Waals surface area contributed by atoms with Gasteiger partial charge in [0.05, 0.1) is 11.9 Å². The second-order valence-corrected chi connectivity index (χ2v) is 4.65. The number of nitrogens with zero attached hydrogens (tertiary/aromatic N) is 3. The van der Waals surface area contributed by atoms with Crippen LogP contribution in [0.4, 0.5) is 0 Å². The van der Waals surface area contributed by atoms with Crippen molar-refractivity contribution in [1.29, 1.82) is 0 Å². The number of carboxylic acid groups (broad SMARTS) is 1. The molecule has 2 rings (SSSR count). The van der Waals surface area contributed by atoms with Crippen molar-refractivity contribution in [3.8, 4) is 5.69 Å². The fourth-order valence-corrected chi connectivity index (χ4v) is 1.86. The summed E-state index contributed by atoms with van der Waals surface area (Å²) in [5.74, 6) is -0.850. The molecule has 2 aromatic rings. The van der Waals surface area contributed by atoms with Gasteiger partial charge in [0, 0.05) is 5.02 Å². The summed E-state index contributed by atoms with van der Waals surface area (Å²) in [6.45, 7) is 4.06. The summed E-state index contributed by atoms with van der Waals surface area (Å²) < 4.78 is 1.45. The molecule has 0 radical (unpaired) electrons. The Bertz CT molecular complexity index is 593. The van der Waals surface area contributed by atoms with Crippen LogP contribution in [-0.4, -0.2) is 26.1 Å². The molecule has 0 spiro atoms. The number of rotatable bonds is 3. The van der Waals surface area contributed by atoms with E-state index in [1.165, 1.54) is 10.9 Å². The molecule has 0 aliphatic heterocycles. The van der Waals surface area contributed by atoms with Gasteiger partial charge in [0.1, 0.15) is 0 Å². The van der Waals surface area contributed by atoms with E-state index < -0.39 is 5.97 Å². The van der Waals surface area contributed by atoms with Crippen LogP contribution in [-0.2, 0) is 0 Å². The van der Waals surface area contributed by atoms with E-state index in [1.54, 1.807) is 12.1 Å². The molecule has 0 bridgehead atoms. The minimum Gasteiger partial charge on any atom is -0.476 e. The maximum absolute atomic E-state index is 10.8. The van der Waals surface area contributed by atoms with Crippen LogP contribution in [0.1, 0.15) is 35.8 Å². The van der Waals surface area contributed by atoms with E-state index >= 15 is 0 Å². The molecule has 1 aromatic carbocycles. The number of halogens is 1. The van der Waals surface area contributed by atoms with E-state index in [2.05, 4.69) is 10.3 Å². The third-order valence-electron chi connectivity index (χ3n) is 2.57. The lowest BCUT2D eigenvalue weighted by Crippen LogP contribution is -2.02. The Morgan fingerprint density at radius 2 is 2.17 bits per heavy atom. The molecule has 1 N–H and O–H groups in total. The lowest BCUT2D eigenvalue weighted by atomic mass is 10.0. The SMILES string of the molecule is CC(C)c1cc(Cl)ccc1-n1cc(C(=O)O)nn1. The zero-order chi connectivity index (χ0) is 13.3. The molecule has 1 heterocycles. The van der Waals surface area contributed by atoms with Gasteiger partial charge in [-0.15, -0.1) is 5.10 Å². The molecular formula is C12H12ClN3O2. The van der Waals surface area contributed by atoms with Crippen LogP contribution in [0, 0.1) is 0 Å². The fourth-order valence-electron chi connectivity index (χ4n) is 1.68. The summed E-state index contributed by atoms with van der Waals surface area (Å²) in [5, 5.41) is 16.9. The van der Waals surface area contributed by atoms with E-state index in [9.17, 15) is 4.79 Å². The van der Waals surface area contributed by atoms with Crippen molar-refractivity contribution in [2.45, 2.75) is 19.8 Å². The highest BCUT2D eigenvalue weighted by molar-refractivity contribution is 6.30. The van der Waals surface area contributed by atoms with E-state index in [0.717, 1.165) is 11.3 Å². The van der Waals surface area contributed by atoms with E-state index in [0.29, 0.717) is 5.02 Å². The van der Waals surface area contributed by atoms with Crippen LogP contribution in [0.2, 0.25) is 5.02 Å². The van der Waals surface area contributed by atoms with Crippen molar-refractivity contribution in [1.82, 2.24) is 15.0 Å². The van der Waals surface area contributed by atoms with E-state index in [4.69, 9.17) is 16.7 Å². The molecule has 0 saturated carbocycles. The molecule has 5 nitrogen and oxygen atoms in total. The van der Waals surface area contributed by atoms with Crippen molar-refractivity contribution in [2.24, 2.45) is 0 Å². The third kappa shape index (κ3) is 2.36. The largest absolute Gasteiger partial charge is 0.476 e. The number of aromatic nitrogens is 3. The maximum atomic E-state index is 10.8. The van der Waals surface area contributed by atoms with Crippen molar-refractivity contribution in [2.75, 3.05) is 0 Å². The molecular weight excluding hydrogens is 254 g/mol. The Morgan fingerprint density at radius 1 is 1.44 bits per heavy atom. The first-order chi connectivity index (χ1) is 8.49. The molecule has 0 atom stereocenters. The van der Waals surface area contributed by atoms with E-state index in [1.807, 2.05) is 19.9 Å². The fraction of sp³-hybridized carbons (Fsp3) is 0.250. The first kappa shape index (κ1) is 12.6. The van der Waals surface area contributed by atoms with Crippen LogP contribution in [0.25, 0.3) is 5.69 Å². The highest BCUT2D eigenvalue weighted by Gasteiger charge is 2.13. The smallest absolute Gasteiger partial charge is 0.358 e. The second-order valence-electron chi connectivity index (χ2n) is 4.21. The number of hydrogen-bond donors (Lipinski definition) is 1. The Balaban J connectivity index is 2.52. The molecule has 0 aliphatic carbocycles. The number of aromatic carboxylic acids is 1. The van der Waals surface area contributed by atoms with Crippen molar-refractivity contribution in [3.63, 3.8) is 0 Å². The molecule has 0 saturated heterocycles. The maximum Gasteiger partial charge on any atom is 0.358 e. The van der Waals surface area contributed by atoms with Crippen LogP contribution in [0.5, 0.6) is 0 Å². The highest BCUT2D eigenvalue weighted by Crippen LogP contribution is 2.25. The Morgan fingerprint density at radius 3 is 2.72 bits per heavy atom. The average molecular weight is 266 g/mol. The number of hydrogen-bond acceptors (Lipinski definition) is 3. The molecule has 0 fully saturated rings. The lowest BCUT2D eigenvalue weighted by Gasteiger charge is -2.12. The Kier molecular flexibility index (Phi) is 3.34. The van der Waals surface area contributed by atoms with Crippen LogP contribution >= 0.6 is 11.6 Å². The molecule has 94 valence electrons. The summed E-state index contributed by atoms with van der Waals surface area (Å²) in [6.07, 6.45) is 1.39. The van der Waals surface area contributed by atoms with Gasteiger partial charge in [0.15, 0.2) is 5.69 Å².